The van der Waals surface area contributed by atoms with E-state index >= 15 is 0 Å². The summed E-state index contributed by atoms with van der Waals surface area (Å²) in [6.07, 6.45) is 8.21. The van der Waals surface area contributed by atoms with Gasteiger partial charge >= 0.3 is 0 Å². The zero-order chi connectivity index (χ0) is 20.3. The Bertz CT molecular complexity index is 206. The van der Waals surface area contributed by atoms with Crippen LogP contribution in [0.4, 0.5) is 0 Å². The molecule has 5 nitrogen and oxygen atoms in total. The summed E-state index contributed by atoms with van der Waals surface area (Å²) in [7, 11) is 5.87. The second-order valence-corrected chi connectivity index (χ2v) is 5.95. The van der Waals surface area contributed by atoms with Crippen LogP contribution in [-0.2, 0) is 9.59 Å². The summed E-state index contributed by atoms with van der Waals surface area (Å²) in [4.78, 5) is 20.1. The molecule has 0 atom stereocenters. The van der Waals surface area contributed by atoms with E-state index in [1.165, 1.54) is 52.4 Å². The molecule has 0 aliphatic rings. The fourth-order valence-corrected chi connectivity index (χ4v) is 1.45. The van der Waals surface area contributed by atoms with Crippen molar-refractivity contribution < 1.29 is 9.59 Å². The molecule has 0 aromatic heterocycles. The Morgan fingerprint density at radius 3 is 0.871 bits per heavy atom. The first kappa shape index (κ1) is 63.1. The van der Waals surface area contributed by atoms with Crippen molar-refractivity contribution in [3.63, 3.8) is 0 Å². The van der Waals surface area contributed by atoms with Crippen LogP contribution in [-0.4, -0.2) is 52.3 Å². The molecule has 0 radical (unpaired) electrons. The molecule has 0 saturated heterocycles. The number of hydrogen-bond donors (Lipinski definition) is 3. The third kappa shape index (κ3) is 145. The predicted molar refractivity (Wildman–Crippen MR) is 153 cm³/mol. The highest BCUT2D eigenvalue weighted by molar-refractivity contribution is 5.96. The molecule has 0 fully saturated rings. The second-order valence-electron chi connectivity index (χ2n) is 5.95. The lowest BCUT2D eigenvalue weighted by Crippen LogP contribution is -2.21. The molecule has 0 aliphatic carbocycles. The Hall–Kier alpha value is -0.780. The number of rotatable bonds is 11. The molecule has 0 saturated carbocycles. The van der Waals surface area contributed by atoms with Crippen LogP contribution in [0.15, 0.2) is 0 Å². The van der Waals surface area contributed by atoms with Gasteiger partial charge in [-0.3, -0.25) is 9.59 Å². The molecular weight excluding hydrogens is 386 g/mol. The van der Waals surface area contributed by atoms with Crippen LogP contribution in [0.3, 0.4) is 0 Å². The first-order chi connectivity index (χ1) is 11.9. The minimum Gasteiger partial charge on any atom is -0.320 e. The molecular formula is C26H71N3O2. The fraction of sp³-hybridized carbons (Fsp3) is 0.923. The number of carbonyl (C=O) groups is 2. The molecule has 0 spiro atoms. The Balaban J connectivity index is -0.0000000223. The van der Waals surface area contributed by atoms with Crippen LogP contribution in [0, 0.1) is 0 Å². The van der Waals surface area contributed by atoms with Gasteiger partial charge in [-0.1, -0.05) is 97.4 Å². The van der Waals surface area contributed by atoms with Gasteiger partial charge in [-0.15, -0.1) is 0 Å². The lowest BCUT2D eigenvalue weighted by atomic mass is 10.2. The highest BCUT2D eigenvalue weighted by Gasteiger charge is 1.94. The molecule has 202 valence electrons. The van der Waals surface area contributed by atoms with E-state index in [4.69, 9.17) is 0 Å². The zero-order valence-corrected chi connectivity index (χ0v) is 18.4. The summed E-state index contributed by atoms with van der Waals surface area (Å²) in [6.45, 7) is 12.7. The number of likely N-dealkylation sites (N-methyl/N-ethyl adjacent to an activating group) is 2. The summed E-state index contributed by atoms with van der Waals surface area (Å²) < 4.78 is 0. The molecule has 0 bridgehead atoms. The van der Waals surface area contributed by atoms with Crippen LogP contribution in [0.5, 0.6) is 0 Å². The molecule has 0 amide bonds. The van der Waals surface area contributed by atoms with Crippen molar-refractivity contribution in [2.75, 3.05) is 40.8 Å². The highest BCUT2D eigenvalue weighted by Crippen LogP contribution is 1.95. The molecule has 0 unspecified atom stereocenters. The zero-order valence-electron chi connectivity index (χ0n) is 18.4. The molecule has 0 rings (SSSR count). The minimum atomic E-state index is -0.0625. The van der Waals surface area contributed by atoms with Crippen molar-refractivity contribution in [3.05, 3.63) is 0 Å². The van der Waals surface area contributed by atoms with Gasteiger partial charge < -0.3 is 16.0 Å². The van der Waals surface area contributed by atoms with Gasteiger partial charge in [-0.25, -0.2) is 0 Å². The summed E-state index contributed by atoms with van der Waals surface area (Å²) in [6, 6.07) is 0. The van der Waals surface area contributed by atoms with E-state index in [-0.39, 0.29) is 62.5 Å². The topological polar surface area (TPSA) is 70.2 Å². The highest BCUT2D eigenvalue weighted by atomic mass is 16.1. The van der Waals surface area contributed by atoms with Gasteiger partial charge in [-0.2, -0.15) is 0 Å². The number of nitrogens with one attached hydrogen (secondary N) is 3. The largest absolute Gasteiger partial charge is 0.320 e. The van der Waals surface area contributed by atoms with Crippen molar-refractivity contribution in [1.29, 1.82) is 0 Å². The lowest BCUT2D eigenvalue weighted by molar-refractivity contribution is -0.124. The summed E-state index contributed by atoms with van der Waals surface area (Å²) in [5, 5.41) is 9.08. The van der Waals surface area contributed by atoms with E-state index in [2.05, 4.69) is 36.7 Å². The lowest BCUT2D eigenvalue weighted by Gasteiger charge is -1.92. The van der Waals surface area contributed by atoms with E-state index in [9.17, 15) is 9.59 Å². The normalized spacial score (nSPS) is 7.10. The van der Waals surface area contributed by atoms with Crippen LogP contribution < -0.4 is 16.0 Å². The van der Waals surface area contributed by atoms with Crippen molar-refractivity contribution in [2.24, 2.45) is 0 Å². The van der Waals surface area contributed by atoms with Gasteiger partial charge in [0.05, 0.1) is 6.42 Å². The molecule has 5 heteroatoms. The third-order valence-electron chi connectivity index (χ3n) is 2.86. The van der Waals surface area contributed by atoms with Gasteiger partial charge in [0.25, 0.3) is 0 Å². The molecule has 0 aliphatic heterocycles. The van der Waals surface area contributed by atoms with E-state index in [0.29, 0.717) is 0 Å². The van der Waals surface area contributed by atoms with Gasteiger partial charge in [0.2, 0.25) is 0 Å². The van der Waals surface area contributed by atoms with E-state index in [0.717, 1.165) is 19.6 Å². The van der Waals surface area contributed by atoms with Gasteiger partial charge in [-0.05, 0) is 48.0 Å². The number of unbranched alkanes of at least 4 members (excludes halogenated alkanes) is 4. The number of ketones is 2. The van der Waals surface area contributed by atoms with Gasteiger partial charge in [0, 0.05) is 13.1 Å². The molecule has 0 aromatic carbocycles. The fourth-order valence-electron chi connectivity index (χ4n) is 1.45. The van der Waals surface area contributed by atoms with Crippen LogP contribution in [0.25, 0.3) is 0 Å². The second kappa shape index (κ2) is 70.1. The van der Waals surface area contributed by atoms with E-state index in [1.54, 1.807) is 0 Å². The SMILES string of the molecule is C.C.C.C.C.C.CC(=O)CC(C)=O.CCCCCC.CCCCNC.CNCCNC. The Morgan fingerprint density at radius 1 is 0.516 bits per heavy atom. The van der Waals surface area contributed by atoms with Crippen LogP contribution in [0.1, 0.15) is 124 Å². The molecule has 3 N–H and O–H groups in total. The molecule has 0 heterocycles. The molecule has 0 aromatic rings. The first-order valence-electron chi connectivity index (χ1n) is 9.80. The van der Waals surface area contributed by atoms with E-state index < -0.39 is 0 Å². The number of Topliss-reactive ketones (excluding diaryl/α,β-unsaturated/α-hetero) is 2. The number of hydrogen-bond acceptors (Lipinski definition) is 5. The van der Waals surface area contributed by atoms with Crippen molar-refractivity contribution in [3.8, 4) is 0 Å². The minimum absolute atomic E-state index is 0. The Kier molecular flexibility index (Phi) is 143. The van der Waals surface area contributed by atoms with Crippen molar-refractivity contribution in [1.82, 2.24) is 16.0 Å². The van der Waals surface area contributed by atoms with Crippen molar-refractivity contribution in [2.45, 2.75) is 124 Å². The quantitative estimate of drug-likeness (QED) is 0.223. The van der Waals surface area contributed by atoms with Gasteiger partial charge in [0.1, 0.15) is 11.6 Å². The maximum absolute atomic E-state index is 10.0. The summed E-state index contributed by atoms with van der Waals surface area (Å²) >= 11 is 0. The maximum Gasteiger partial charge on any atom is 0.137 e. The smallest absolute Gasteiger partial charge is 0.137 e. The van der Waals surface area contributed by atoms with Crippen molar-refractivity contribution >= 4 is 11.6 Å². The van der Waals surface area contributed by atoms with Crippen LogP contribution in [0.2, 0.25) is 0 Å². The summed E-state index contributed by atoms with van der Waals surface area (Å²) in [5.74, 6) is -0.125. The maximum atomic E-state index is 10.0. The average Bonchev–Trinajstić information content (AvgIpc) is 2.56. The monoisotopic (exact) mass is 458 g/mol. The van der Waals surface area contributed by atoms with Gasteiger partial charge in [0.15, 0.2) is 0 Å². The predicted octanol–water partition coefficient (Wildman–Crippen LogP) is 7.39. The Morgan fingerprint density at radius 2 is 0.774 bits per heavy atom. The first-order valence-corrected chi connectivity index (χ1v) is 9.80. The summed E-state index contributed by atoms with van der Waals surface area (Å²) in [5.41, 5.74) is 0. The van der Waals surface area contributed by atoms with E-state index in [1.807, 2.05) is 21.1 Å². The number of carbonyl (C=O) groups excluding carboxylic acids is 2. The molecule has 31 heavy (non-hydrogen) atoms. The average molecular weight is 458 g/mol. The third-order valence-corrected chi connectivity index (χ3v) is 2.86. The van der Waals surface area contributed by atoms with Crippen LogP contribution >= 0.6 is 0 Å². The standard InChI is InChI=1S/C6H14.C5H13N.C5H8O2.C4H12N2.6CH4/c1-3-5-6-4-2;1-3-4-5-6-2;1-4(6)3-5(2)7;1-5-3-4-6-2;;;;;;/h3-6H2,1-2H3;6H,3-5H2,1-2H3;3H2,1-2H3;5-6H,3-4H2,1-2H3;6*1H4. The Labute approximate surface area is 202 Å².